The van der Waals surface area contributed by atoms with Gasteiger partial charge < -0.3 is 10.4 Å². The second-order valence-electron chi connectivity index (χ2n) is 3.93. The Morgan fingerprint density at radius 3 is 2.29 bits per heavy atom. The third kappa shape index (κ3) is 2.93. The zero-order valence-electron chi connectivity index (χ0n) is 8.73. The van der Waals surface area contributed by atoms with Gasteiger partial charge in [-0.25, -0.2) is 8.42 Å². The Morgan fingerprint density at radius 2 is 1.93 bits per heavy atom. The molecule has 1 aliphatic rings. The first-order valence-corrected chi connectivity index (χ1v) is 6.95. The van der Waals surface area contributed by atoms with Crippen LogP contribution >= 0.6 is 0 Å². The summed E-state index contributed by atoms with van der Waals surface area (Å²) < 4.78 is 22.4. The fourth-order valence-electron chi connectivity index (χ4n) is 1.82. The number of rotatable bonds is 4. The van der Waals surface area contributed by atoms with E-state index in [9.17, 15) is 13.5 Å². The van der Waals surface area contributed by atoms with Crippen molar-refractivity contribution in [3.05, 3.63) is 0 Å². The molecule has 2 unspecified atom stereocenters. The van der Waals surface area contributed by atoms with Crippen LogP contribution in [0.5, 0.6) is 0 Å². The molecule has 0 aromatic heterocycles. The normalized spacial score (nSPS) is 31.1. The number of hydrogen-bond donors (Lipinski definition) is 2. The second-order valence-corrected chi connectivity index (χ2v) is 6.08. The molecule has 14 heavy (non-hydrogen) atoms. The molecule has 0 aliphatic carbocycles. The van der Waals surface area contributed by atoms with Crippen molar-refractivity contribution in [2.75, 3.05) is 11.5 Å². The molecular formula is C9H19NO3S. The van der Waals surface area contributed by atoms with Crippen molar-refractivity contribution in [1.29, 1.82) is 0 Å². The van der Waals surface area contributed by atoms with Gasteiger partial charge in [0, 0.05) is 12.1 Å². The Kier molecular flexibility index (Phi) is 3.92. The molecule has 1 rings (SSSR count). The average molecular weight is 221 g/mol. The number of hydrogen-bond acceptors (Lipinski definition) is 4. The first-order chi connectivity index (χ1) is 6.48. The van der Waals surface area contributed by atoms with Gasteiger partial charge in [-0.2, -0.15) is 0 Å². The zero-order valence-corrected chi connectivity index (χ0v) is 9.55. The molecule has 0 aromatic rings. The first kappa shape index (κ1) is 11.9. The van der Waals surface area contributed by atoms with E-state index in [2.05, 4.69) is 19.2 Å². The van der Waals surface area contributed by atoms with Crippen molar-refractivity contribution in [3.8, 4) is 0 Å². The molecule has 4 nitrogen and oxygen atoms in total. The second kappa shape index (κ2) is 4.59. The van der Waals surface area contributed by atoms with Gasteiger partial charge >= 0.3 is 0 Å². The Bertz CT molecular complexity index is 272. The minimum absolute atomic E-state index is 0.0741. The van der Waals surface area contributed by atoms with Gasteiger partial charge in [0.2, 0.25) is 0 Å². The van der Waals surface area contributed by atoms with Gasteiger partial charge in [0.1, 0.15) is 0 Å². The summed E-state index contributed by atoms with van der Waals surface area (Å²) in [6, 6.07) is 0.0350. The van der Waals surface area contributed by atoms with Crippen molar-refractivity contribution < 1.29 is 13.5 Å². The molecule has 0 spiro atoms. The van der Waals surface area contributed by atoms with Gasteiger partial charge in [-0.05, 0) is 12.8 Å². The lowest BCUT2D eigenvalue weighted by Gasteiger charge is -2.21. The molecular weight excluding hydrogens is 202 g/mol. The van der Waals surface area contributed by atoms with E-state index >= 15 is 0 Å². The number of aliphatic hydroxyl groups excluding tert-OH is 1. The number of aliphatic hydroxyl groups is 1. The molecule has 2 N–H and O–H groups in total. The van der Waals surface area contributed by atoms with E-state index in [0.29, 0.717) is 6.04 Å². The third-order valence-electron chi connectivity index (χ3n) is 2.76. The van der Waals surface area contributed by atoms with Gasteiger partial charge in [0.25, 0.3) is 0 Å². The van der Waals surface area contributed by atoms with E-state index in [4.69, 9.17) is 0 Å². The van der Waals surface area contributed by atoms with Gasteiger partial charge in [-0.15, -0.1) is 0 Å². The van der Waals surface area contributed by atoms with Gasteiger partial charge in [0.05, 0.1) is 17.6 Å². The Hall–Kier alpha value is -0.130. The number of nitrogens with one attached hydrogen (secondary N) is 1. The maximum absolute atomic E-state index is 11.2. The van der Waals surface area contributed by atoms with Gasteiger partial charge in [-0.1, -0.05) is 13.8 Å². The molecule has 0 amide bonds. The van der Waals surface area contributed by atoms with Crippen LogP contribution in [-0.2, 0) is 9.84 Å². The van der Waals surface area contributed by atoms with Gasteiger partial charge in [-0.3, -0.25) is 0 Å². The van der Waals surface area contributed by atoms with Crippen molar-refractivity contribution in [3.63, 3.8) is 0 Å². The Balaban J connectivity index is 2.54. The van der Waals surface area contributed by atoms with Crippen LogP contribution in [0.3, 0.4) is 0 Å². The maximum atomic E-state index is 11.2. The summed E-state index contributed by atoms with van der Waals surface area (Å²) in [6.07, 6.45) is 1.18. The lowest BCUT2D eigenvalue weighted by Crippen LogP contribution is -2.44. The Morgan fingerprint density at radius 1 is 1.36 bits per heavy atom. The highest BCUT2D eigenvalue weighted by Crippen LogP contribution is 2.14. The van der Waals surface area contributed by atoms with Crippen LogP contribution < -0.4 is 5.32 Å². The highest BCUT2D eigenvalue weighted by Gasteiger charge is 2.36. The van der Waals surface area contributed by atoms with Crippen molar-refractivity contribution >= 4 is 9.84 Å². The summed E-state index contributed by atoms with van der Waals surface area (Å²) in [5.74, 6) is -0.0184. The molecule has 0 bridgehead atoms. The van der Waals surface area contributed by atoms with Crippen molar-refractivity contribution in [2.45, 2.75) is 44.9 Å². The summed E-state index contributed by atoms with van der Waals surface area (Å²) in [4.78, 5) is 0. The van der Waals surface area contributed by atoms with E-state index in [-0.39, 0.29) is 17.5 Å². The first-order valence-electron chi connectivity index (χ1n) is 5.13. The predicted octanol–water partition coefficient (Wildman–Crippen LogP) is -0.0775. The molecule has 1 heterocycles. The number of sulfone groups is 1. The molecule has 1 aliphatic heterocycles. The van der Waals surface area contributed by atoms with E-state index in [1.807, 2.05) is 0 Å². The molecule has 84 valence electrons. The quantitative estimate of drug-likeness (QED) is 0.697. The summed E-state index contributed by atoms with van der Waals surface area (Å²) >= 11 is 0. The fourth-order valence-corrected chi connectivity index (χ4v) is 3.57. The molecule has 0 aromatic carbocycles. The van der Waals surface area contributed by atoms with Crippen LogP contribution in [0.4, 0.5) is 0 Å². The fraction of sp³-hybridized carbons (Fsp3) is 1.00. The molecule has 0 radical (unpaired) electrons. The summed E-state index contributed by atoms with van der Waals surface area (Å²) in [5, 5.41) is 12.7. The zero-order chi connectivity index (χ0) is 10.8. The van der Waals surface area contributed by atoms with E-state index < -0.39 is 15.9 Å². The van der Waals surface area contributed by atoms with E-state index in [1.165, 1.54) is 0 Å². The standard InChI is InChI=1S/C9H19NO3S/c1-3-7(4-2)10-8-5-14(12,13)6-9(8)11/h7-11H,3-6H2,1-2H3. The SMILES string of the molecule is CCC(CC)NC1CS(=O)(=O)CC1O. The van der Waals surface area contributed by atoms with E-state index in [1.54, 1.807) is 0 Å². The van der Waals surface area contributed by atoms with Crippen LogP contribution in [0, 0.1) is 0 Å². The Labute approximate surface area is 85.6 Å². The van der Waals surface area contributed by atoms with Crippen LogP contribution in [0.2, 0.25) is 0 Å². The molecule has 1 fully saturated rings. The minimum atomic E-state index is -3.02. The van der Waals surface area contributed by atoms with Crippen LogP contribution in [0.25, 0.3) is 0 Å². The molecule has 1 saturated heterocycles. The maximum Gasteiger partial charge on any atom is 0.154 e. The molecule has 0 saturated carbocycles. The smallest absolute Gasteiger partial charge is 0.154 e. The average Bonchev–Trinajstić information content (AvgIpc) is 2.35. The van der Waals surface area contributed by atoms with Gasteiger partial charge in [0.15, 0.2) is 9.84 Å². The lowest BCUT2D eigenvalue weighted by molar-refractivity contribution is 0.158. The van der Waals surface area contributed by atoms with Crippen LogP contribution in [-0.4, -0.2) is 43.2 Å². The van der Waals surface area contributed by atoms with Crippen LogP contribution in [0.1, 0.15) is 26.7 Å². The van der Waals surface area contributed by atoms with Crippen LogP contribution in [0.15, 0.2) is 0 Å². The van der Waals surface area contributed by atoms with Crippen molar-refractivity contribution in [1.82, 2.24) is 5.32 Å². The highest BCUT2D eigenvalue weighted by atomic mass is 32.2. The minimum Gasteiger partial charge on any atom is -0.390 e. The third-order valence-corrected chi connectivity index (χ3v) is 4.47. The largest absolute Gasteiger partial charge is 0.390 e. The summed E-state index contributed by atoms with van der Waals surface area (Å²) in [6.45, 7) is 4.11. The lowest BCUT2D eigenvalue weighted by atomic mass is 10.1. The van der Waals surface area contributed by atoms with E-state index in [0.717, 1.165) is 12.8 Å². The molecule has 2 atom stereocenters. The summed E-state index contributed by atoms with van der Waals surface area (Å²) in [7, 11) is -3.02. The predicted molar refractivity (Wildman–Crippen MR) is 56.0 cm³/mol. The monoisotopic (exact) mass is 221 g/mol. The topological polar surface area (TPSA) is 66.4 Å². The molecule has 5 heteroatoms. The summed E-state index contributed by atoms with van der Waals surface area (Å²) in [5.41, 5.74) is 0. The highest BCUT2D eigenvalue weighted by molar-refractivity contribution is 7.91. The van der Waals surface area contributed by atoms with Crippen molar-refractivity contribution in [2.24, 2.45) is 0 Å².